The van der Waals surface area contributed by atoms with Crippen LogP contribution in [0.1, 0.15) is 309 Å². The third-order valence-electron chi connectivity index (χ3n) is 16.8. The van der Waals surface area contributed by atoms with E-state index in [1.807, 2.05) is 21.1 Å². The first kappa shape index (κ1) is 95.1. The van der Waals surface area contributed by atoms with E-state index >= 15 is 0 Å². The number of esters is 2. The quantitative estimate of drug-likeness (QED) is 0.0211. The van der Waals surface area contributed by atoms with Crippen LogP contribution in [0.5, 0.6) is 0 Å². The summed E-state index contributed by atoms with van der Waals surface area (Å²) in [6.45, 7) is 4.65. The summed E-state index contributed by atoms with van der Waals surface area (Å²) in [6.07, 6.45) is 120. The van der Waals surface area contributed by atoms with Crippen LogP contribution in [0.25, 0.3) is 0 Å². The van der Waals surface area contributed by atoms with Gasteiger partial charge in [-0.2, -0.15) is 0 Å². The van der Waals surface area contributed by atoms with Crippen LogP contribution in [0, 0.1) is 0 Å². The van der Waals surface area contributed by atoms with Gasteiger partial charge >= 0.3 is 17.9 Å². The van der Waals surface area contributed by atoms with Crippen molar-refractivity contribution in [3.63, 3.8) is 0 Å². The number of unbranched alkanes of at least 4 members (excludes halogenated alkanes) is 26. The third kappa shape index (κ3) is 81.3. The highest BCUT2D eigenvalue weighted by atomic mass is 16.7. The Balaban J connectivity index is 4.09. The zero-order valence-electron chi connectivity index (χ0n) is 65.2. The van der Waals surface area contributed by atoms with Gasteiger partial charge in [0.25, 0.3) is 6.29 Å². The smallest absolute Gasteiger partial charge is 0.361 e. The number of carbonyl (C=O) groups excluding carboxylic acids is 2. The van der Waals surface area contributed by atoms with Gasteiger partial charge in [0.1, 0.15) is 13.2 Å². The molecule has 0 fully saturated rings. The molecule has 0 heterocycles. The molecule has 0 bridgehead atoms. The van der Waals surface area contributed by atoms with Gasteiger partial charge in [-0.15, -0.1) is 0 Å². The van der Waals surface area contributed by atoms with Crippen LogP contribution in [0.3, 0.4) is 0 Å². The molecule has 1 N–H and O–H groups in total. The summed E-state index contributed by atoms with van der Waals surface area (Å²) in [5.74, 6) is -2.01. The number of likely N-dealkylation sites (N-methyl/N-ethyl adjacent to an activating group) is 1. The Morgan fingerprint density at radius 2 is 0.535 bits per heavy atom. The molecule has 0 aliphatic heterocycles. The summed E-state index contributed by atoms with van der Waals surface area (Å²) < 4.78 is 23.0. The lowest BCUT2D eigenvalue weighted by atomic mass is 10.0. The molecule has 570 valence electrons. The van der Waals surface area contributed by atoms with Crippen LogP contribution in [-0.2, 0) is 33.3 Å². The second-order valence-corrected chi connectivity index (χ2v) is 27.6. The van der Waals surface area contributed by atoms with Crippen molar-refractivity contribution in [1.82, 2.24) is 0 Å². The number of carbonyl (C=O) groups is 3. The number of nitrogens with zero attached hydrogens (tertiary/aromatic N) is 1. The lowest BCUT2D eigenvalue weighted by molar-refractivity contribution is -0.870. The van der Waals surface area contributed by atoms with Gasteiger partial charge in [0.2, 0.25) is 0 Å². The molecule has 0 radical (unpaired) electrons. The van der Waals surface area contributed by atoms with E-state index in [0.29, 0.717) is 23.9 Å². The van der Waals surface area contributed by atoms with E-state index in [1.54, 1.807) is 0 Å². The highest BCUT2D eigenvalue weighted by Crippen LogP contribution is 2.17. The number of ether oxygens (including phenoxy) is 4. The maximum absolute atomic E-state index is 13.0. The lowest BCUT2D eigenvalue weighted by Crippen LogP contribution is -2.40. The summed E-state index contributed by atoms with van der Waals surface area (Å²) in [4.78, 5) is 37.8. The molecule has 0 amide bonds. The molecule has 0 aromatic heterocycles. The van der Waals surface area contributed by atoms with Crippen molar-refractivity contribution in [2.45, 2.75) is 322 Å². The average molecular weight is 1400 g/mol. The second-order valence-electron chi connectivity index (χ2n) is 27.6. The van der Waals surface area contributed by atoms with Crippen molar-refractivity contribution in [1.29, 1.82) is 0 Å². The van der Waals surface area contributed by atoms with Gasteiger partial charge < -0.3 is 28.5 Å². The first-order valence-corrected chi connectivity index (χ1v) is 40.6. The molecule has 0 aliphatic rings. The van der Waals surface area contributed by atoms with Crippen molar-refractivity contribution in [3.05, 3.63) is 194 Å². The number of carboxylic acids is 1. The first-order chi connectivity index (χ1) is 49.6. The van der Waals surface area contributed by atoms with Gasteiger partial charge in [0.15, 0.2) is 6.10 Å². The zero-order chi connectivity index (χ0) is 73.2. The minimum absolute atomic E-state index is 0.180. The number of hydrogen-bond donors (Lipinski definition) is 1. The van der Waals surface area contributed by atoms with Crippen LogP contribution in [0.15, 0.2) is 194 Å². The van der Waals surface area contributed by atoms with E-state index in [-0.39, 0.29) is 32.2 Å². The van der Waals surface area contributed by atoms with Crippen LogP contribution in [0.4, 0.5) is 0 Å². The molecule has 2 atom stereocenters. The number of quaternary nitrogens is 1. The van der Waals surface area contributed by atoms with Crippen LogP contribution < -0.4 is 0 Å². The molecule has 9 heteroatoms. The van der Waals surface area contributed by atoms with E-state index in [2.05, 4.69) is 208 Å². The third-order valence-corrected chi connectivity index (χ3v) is 16.8. The maximum Gasteiger partial charge on any atom is 0.361 e. The van der Waals surface area contributed by atoms with Gasteiger partial charge in [0, 0.05) is 12.8 Å². The number of carboxylic acid groups (broad SMARTS) is 1. The number of rotatable bonds is 73. The zero-order valence-corrected chi connectivity index (χ0v) is 65.2. The van der Waals surface area contributed by atoms with Gasteiger partial charge in [0.05, 0.1) is 34.4 Å². The van der Waals surface area contributed by atoms with Gasteiger partial charge in [-0.1, -0.05) is 350 Å². The Kier molecular flexibility index (Phi) is 75.2. The summed E-state index contributed by atoms with van der Waals surface area (Å²) in [5.41, 5.74) is 0. The molecular formula is C92H150NO8+. The van der Waals surface area contributed by atoms with Crippen molar-refractivity contribution >= 4 is 17.9 Å². The molecule has 0 saturated heterocycles. The Bertz CT molecular complexity index is 2380. The summed E-state index contributed by atoms with van der Waals surface area (Å²) in [7, 11) is 5.98. The largest absolute Gasteiger partial charge is 0.477 e. The van der Waals surface area contributed by atoms with Crippen LogP contribution in [0.2, 0.25) is 0 Å². The molecule has 9 nitrogen and oxygen atoms in total. The fourth-order valence-electron chi connectivity index (χ4n) is 10.8. The average Bonchev–Trinajstić information content (AvgIpc) is 1.21. The van der Waals surface area contributed by atoms with E-state index < -0.39 is 24.3 Å². The lowest BCUT2D eigenvalue weighted by Gasteiger charge is -2.25. The standard InChI is InChI=1S/C92H149NO8/c1-6-8-10-12-14-16-18-20-22-24-26-28-30-32-34-36-38-40-42-43-44-45-46-47-49-51-53-55-57-59-61-63-65-67-69-71-73-75-77-79-81-83-90(95)101-88(87-100-92(91(96)97)98-85-84-93(3,4)5)86-99-89(94)82-80-78-76-74-72-70-68-66-64-62-60-58-56-54-52-50-48-41-39-37-35-33-31-29-27-25-23-21-19-17-15-13-11-9-7-2/h8-11,14-17,20-23,26-29,32-35,38-41,43-44,46-47,50-53,88,92H,6-7,12-13,18-19,24-25,30-31,36-37,42,45,48-49,54-87H2,1-5H3/p+1/b10-8-,11-9-,16-14-,17-15-,22-20-,23-21-,28-26-,29-27-,34-32-,35-33-,40-38-,41-39-,44-43-,47-46-,52-50-,53-51-. The molecule has 2 unspecified atom stereocenters. The number of aliphatic carboxylic acids is 1. The Morgan fingerprint density at radius 1 is 0.297 bits per heavy atom. The molecule has 0 aliphatic carbocycles. The fourth-order valence-corrected chi connectivity index (χ4v) is 10.8. The van der Waals surface area contributed by atoms with Crippen molar-refractivity contribution in [2.24, 2.45) is 0 Å². The van der Waals surface area contributed by atoms with E-state index in [0.717, 1.165) is 141 Å². The molecule has 0 aromatic carbocycles. The first-order valence-electron chi connectivity index (χ1n) is 40.6. The summed E-state index contributed by atoms with van der Waals surface area (Å²) in [5, 5.41) is 9.78. The van der Waals surface area contributed by atoms with E-state index in [4.69, 9.17) is 18.9 Å². The van der Waals surface area contributed by atoms with Crippen molar-refractivity contribution < 1.29 is 42.9 Å². The van der Waals surface area contributed by atoms with E-state index in [1.165, 1.54) is 135 Å². The second kappa shape index (κ2) is 79.8. The number of hydrogen-bond acceptors (Lipinski definition) is 7. The number of allylic oxidation sites excluding steroid dienone is 32. The van der Waals surface area contributed by atoms with Gasteiger partial charge in [-0.3, -0.25) is 9.59 Å². The SMILES string of the molecule is CC/C=C\C/C=C\C/C=C\C/C=C\C/C=C\C/C=C\C/C=C\C/C=C\C/C=C\CCCCCCCCCCCCCCCC(=O)OC(COC(=O)CCCCCCCCCCCCCCC/C=C\C/C=C\C/C=C\C/C=C\C/C=C\C/C=C\C/C=C\CC)COC(OCC[N+](C)(C)C)C(=O)O. The Labute approximate surface area is 621 Å². The summed E-state index contributed by atoms with van der Waals surface area (Å²) in [6, 6.07) is 0. The van der Waals surface area contributed by atoms with Crippen LogP contribution in [-0.4, -0.2) is 87.4 Å². The predicted octanol–water partition coefficient (Wildman–Crippen LogP) is 26.5. The molecule has 101 heavy (non-hydrogen) atoms. The van der Waals surface area contributed by atoms with Gasteiger partial charge in [-0.05, 0) is 141 Å². The summed E-state index contributed by atoms with van der Waals surface area (Å²) >= 11 is 0. The Morgan fingerprint density at radius 3 is 0.792 bits per heavy atom. The minimum Gasteiger partial charge on any atom is -0.477 e. The predicted molar refractivity (Wildman–Crippen MR) is 437 cm³/mol. The van der Waals surface area contributed by atoms with Crippen LogP contribution >= 0.6 is 0 Å². The topological polar surface area (TPSA) is 108 Å². The molecule has 0 rings (SSSR count). The van der Waals surface area contributed by atoms with Crippen molar-refractivity contribution in [2.75, 3.05) is 47.5 Å². The maximum atomic E-state index is 13.0. The molecule has 0 aromatic rings. The Hall–Kier alpha value is -5.87. The minimum atomic E-state index is -1.52. The molecular weight excluding hydrogens is 1250 g/mol. The molecule has 0 saturated carbocycles. The van der Waals surface area contributed by atoms with Crippen molar-refractivity contribution in [3.8, 4) is 0 Å². The normalized spacial score (nSPS) is 13.7. The van der Waals surface area contributed by atoms with Gasteiger partial charge in [-0.25, -0.2) is 4.79 Å². The van der Waals surface area contributed by atoms with E-state index in [9.17, 15) is 19.5 Å². The fraction of sp³-hybridized carbons (Fsp3) is 0.620. The highest BCUT2D eigenvalue weighted by molar-refractivity contribution is 5.71. The monoisotopic (exact) mass is 1400 g/mol. The molecule has 0 spiro atoms. The highest BCUT2D eigenvalue weighted by Gasteiger charge is 2.25.